The van der Waals surface area contributed by atoms with Crippen LogP contribution in [0.3, 0.4) is 0 Å². The lowest BCUT2D eigenvalue weighted by Gasteiger charge is -2.01. The van der Waals surface area contributed by atoms with Crippen LogP contribution in [0, 0.1) is 3.57 Å². The van der Waals surface area contributed by atoms with Crippen LogP contribution in [0.25, 0.3) is 6.08 Å². The summed E-state index contributed by atoms with van der Waals surface area (Å²) < 4.78 is 0.921. The van der Waals surface area contributed by atoms with Crippen LogP contribution in [0.5, 0.6) is 0 Å². The number of nitrogens with two attached hydrogens (primary N) is 1. The van der Waals surface area contributed by atoms with Gasteiger partial charge in [0.1, 0.15) is 0 Å². The van der Waals surface area contributed by atoms with Gasteiger partial charge >= 0.3 is 5.97 Å². The Balaban J connectivity index is 3.02. The Morgan fingerprint density at radius 2 is 2.23 bits per heavy atom. The SMILES string of the molecule is Nc1c(I)cccc1/C=C/C(=O)O. The highest BCUT2D eigenvalue weighted by molar-refractivity contribution is 14.1. The van der Waals surface area contributed by atoms with Gasteiger partial charge in [0.05, 0.1) is 5.69 Å². The monoisotopic (exact) mass is 289 g/mol. The molecule has 0 heterocycles. The predicted molar refractivity (Wildman–Crippen MR) is 60.2 cm³/mol. The van der Waals surface area contributed by atoms with Gasteiger partial charge in [-0.2, -0.15) is 0 Å². The smallest absolute Gasteiger partial charge is 0.328 e. The molecular weight excluding hydrogens is 281 g/mol. The van der Waals surface area contributed by atoms with Crippen LogP contribution in [-0.2, 0) is 4.79 Å². The molecule has 1 aromatic carbocycles. The molecule has 0 aliphatic carbocycles. The second kappa shape index (κ2) is 4.27. The maximum absolute atomic E-state index is 10.2. The maximum atomic E-state index is 10.2. The van der Waals surface area contributed by atoms with Crippen molar-refractivity contribution in [1.82, 2.24) is 0 Å². The van der Waals surface area contributed by atoms with E-state index in [0.29, 0.717) is 5.69 Å². The topological polar surface area (TPSA) is 63.3 Å². The Morgan fingerprint density at radius 3 is 2.85 bits per heavy atom. The second-order valence-corrected chi connectivity index (χ2v) is 3.58. The first-order valence-electron chi connectivity index (χ1n) is 3.56. The molecule has 0 aliphatic heterocycles. The van der Waals surface area contributed by atoms with Gasteiger partial charge < -0.3 is 10.8 Å². The van der Waals surface area contributed by atoms with Crippen LogP contribution in [0.1, 0.15) is 5.56 Å². The first kappa shape index (κ1) is 10.0. The number of nitrogen functional groups attached to an aromatic ring is 1. The molecule has 0 unspecified atom stereocenters. The average Bonchev–Trinajstić information content (AvgIpc) is 2.07. The van der Waals surface area contributed by atoms with Crippen LogP contribution in [0.4, 0.5) is 5.69 Å². The Morgan fingerprint density at radius 1 is 1.54 bits per heavy atom. The second-order valence-electron chi connectivity index (χ2n) is 2.41. The fourth-order valence-corrected chi connectivity index (χ4v) is 1.38. The van der Waals surface area contributed by atoms with E-state index in [2.05, 4.69) is 22.6 Å². The van der Waals surface area contributed by atoms with E-state index >= 15 is 0 Å². The van der Waals surface area contributed by atoms with Crippen LogP contribution < -0.4 is 5.73 Å². The first-order chi connectivity index (χ1) is 6.11. The number of carboxylic acid groups (broad SMARTS) is 1. The zero-order valence-electron chi connectivity index (χ0n) is 6.70. The largest absolute Gasteiger partial charge is 0.478 e. The lowest BCUT2D eigenvalue weighted by molar-refractivity contribution is -0.131. The Labute approximate surface area is 89.4 Å². The van der Waals surface area contributed by atoms with E-state index in [1.54, 1.807) is 6.07 Å². The van der Waals surface area contributed by atoms with E-state index in [1.807, 2.05) is 12.1 Å². The van der Waals surface area contributed by atoms with Crippen LogP contribution in [0.2, 0.25) is 0 Å². The van der Waals surface area contributed by atoms with Crippen molar-refractivity contribution in [2.24, 2.45) is 0 Å². The fraction of sp³-hybridized carbons (Fsp3) is 0. The number of halogens is 1. The molecular formula is C9H8INO2. The van der Waals surface area contributed by atoms with E-state index in [4.69, 9.17) is 10.8 Å². The first-order valence-corrected chi connectivity index (χ1v) is 4.64. The number of aliphatic carboxylic acids is 1. The van der Waals surface area contributed by atoms with Gasteiger partial charge in [-0.05, 0) is 40.3 Å². The molecule has 0 aliphatic rings. The van der Waals surface area contributed by atoms with Crippen molar-refractivity contribution in [2.45, 2.75) is 0 Å². The van der Waals surface area contributed by atoms with Gasteiger partial charge in [-0.15, -0.1) is 0 Å². The van der Waals surface area contributed by atoms with Crippen molar-refractivity contribution in [3.63, 3.8) is 0 Å². The highest BCUT2D eigenvalue weighted by Crippen LogP contribution is 2.20. The minimum atomic E-state index is -0.974. The third-order valence-electron chi connectivity index (χ3n) is 1.49. The summed E-state index contributed by atoms with van der Waals surface area (Å²) in [4.78, 5) is 10.2. The van der Waals surface area contributed by atoms with Crippen molar-refractivity contribution in [1.29, 1.82) is 0 Å². The number of anilines is 1. The standard InChI is InChI=1S/C9H8INO2/c10-7-3-1-2-6(9(7)11)4-5-8(12)13/h1-5H,11H2,(H,12,13)/b5-4+. The minimum absolute atomic E-state index is 0.612. The summed E-state index contributed by atoms with van der Waals surface area (Å²) in [7, 11) is 0. The molecule has 0 bridgehead atoms. The van der Waals surface area contributed by atoms with E-state index in [0.717, 1.165) is 15.2 Å². The van der Waals surface area contributed by atoms with Gasteiger partial charge in [0.25, 0.3) is 0 Å². The normalized spacial score (nSPS) is 10.5. The number of carbonyl (C=O) groups is 1. The van der Waals surface area contributed by atoms with Gasteiger partial charge in [0.15, 0.2) is 0 Å². The number of benzene rings is 1. The average molecular weight is 289 g/mol. The lowest BCUT2D eigenvalue weighted by atomic mass is 10.2. The van der Waals surface area contributed by atoms with Crippen molar-refractivity contribution in [3.05, 3.63) is 33.4 Å². The zero-order chi connectivity index (χ0) is 9.84. The molecule has 0 fully saturated rings. The summed E-state index contributed by atoms with van der Waals surface area (Å²) in [5, 5.41) is 8.41. The van der Waals surface area contributed by atoms with E-state index in [9.17, 15) is 4.79 Å². The molecule has 0 radical (unpaired) electrons. The van der Waals surface area contributed by atoms with Crippen LogP contribution in [0.15, 0.2) is 24.3 Å². The molecule has 3 N–H and O–H groups in total. The summed E-state index contributed by atoms with van der Waals surface area (Å²) in [5.74, 6) is -0.974. The minimum Gasteiger partial charge on any atom is -0.478 e. The summed E-state index contributed by atoms with van der Waals surface area (Å²) in [5.41, 5.74) is 7.06. The molecule has 0 spiro atoms. The third kappa shape index (κ3) is 2.73. The summed E-state index contributed by atoms with van der Waals surface area (Å²) >= 11 is 2.10. The molecule has 68 valence electrons. The van der Waals surface area contributed by atoms with E-state index < -0.39 is 5.97 Å². The molecule has 0 atom stereocenters. The maximum Gasteiger partial charge on any atom is 0.328 e. The molecule has 13 heavy (non-hydrogen) atoms. The molecule has 1 rings (SSSR count). The third-order valence-corrected chi connectivity index (χ3v) is 2.43. The zero-order valence-corrected chi connectivity index (χ0v) is 8.86. The highest BCUT2D eigenvalue weighted by Gasteiger charge is 1.98. The predicted octanol–water partition coefficient (Wildman–Crippen LogP) is 1.97. The number of hydrogen-bond acceptors (Lipinski definition) is 2. The van der Waals surface area contributed by atoms with Crippen LogP contribution in [-0.4, -0.2) is 11.1 Å². The summed E-state index contributed by atoms with van der Waals surface area (Å²) in [6, 6.07) is 5.48. The number of para-hydroxylation sites is 1. The van der Waals surface area contributed by atoms with Gasteiger partial charge in [-0.25, -0.2) is 4.79 Å². The quantitative estimate of drug-likeness (QED) is 0.497. The van der Waals surface area contributed by atoms with Crippen LogP contribution >= 0.6 is 22.6 Å². The molecule has 0 aromatic heterocycles. The Kier molecular flexibility index (Phi) is 3.30. The van der Waals surface area contributed by atoms with Gasteiger partial charge in [0.2, 0.25) is 0 Å². The van der Waals surface area contributed by atoms with Gasteiger partial charge in [-0.3, -0.25) is 0 Å². The lowest BCUT2D eigenvalue weighted by Crippen LogP contribution is -1.93. The number of rotatable bonds is 2. The molecule has 0 amide bonds. The summed E-state index contributed by atoms with van der Waals surface area (Å²) in [6.07, 6.45) is 2.56. The molecule has 0 saturated carbocycles. The van der Waals surface area contributed by atoms with Crippen molar-refractivity contribution >= 4 is 40.3 Å². The highest BCUT2D eigenvalue weighted by atomic mass is 127. The van der Waals surface area contributed by atoms with Crippen molar-refractivity contribution < 1.29 is 9.90 Å². The summed E-state index contributed by atoms with van der Waals surface area (Å²) in [6.45, 7) is 0. The Bertz CT molecular complexity index is 361. The van der Waals surface area contributed by atoms with Crippen molar-refractivity contribution in [2.75, 3.05) is 5.73 Å². The number of carboxylic acids is 1. The molecule has 0 saturated heterocycles. The van der Waals surface area contributed by atoms with Crippen molar-refractivity contribution in [3.8, 4) is 0 Å². The molecule has 1 aromatic rings. The Hall–Kier alpha value is -1.04. The van der Waals surface area contributed by atoms with E-state index in [1.165, 1.54) is 6.08 Å². The van der Waals surface area contributed by atoms with Gasteiger partial charge in [0, 0.05) is 9.65 Å². The fourth-order valence-electron chi connectivity index (χ4n) is 0.860. The molecule has 3 nitrogen and oxygen atoms in total. The molecule has 4 heteroatoms. The van der Waals surface area contributed by atoms with Gasteiger partial charge in [-0.1, -0.05) is 12.1 Å². The number of hydrogen-bond donors (Lipinski definition) is 2. The van der Waals surface area contributed by atoms with E-state index in [-0.39, 0.29) is 0 Å².